The Labute approximate surface area is 148 Å². The Hall–Kier alpha value is -0.950. The lowest BCUT2D eigenvalue weighted by atomic mass is 9.98. The summed E-state index contributed by atoms with van der Waals surface area (Å²) in [4.78, 5) is 21.0. The van der Waals surface area contributed by atoms with Crippen LogP contribution in [0.2, 0.25) is 0 Å². The molecule has 0 spiro atoms. The van der Waals surface area contributed by atoms with Crippen molar-refractivity contribution in [2.45, 2.75) is 44.1 Å². The van der Waals surface area contributed by atoms with Crippen LogP contribution in [0.25, 0.3) is 0 Å². The molecule has 4 rings (SSSR count). The molecule has 3 aliphatic rings. The smallest absolute Gasteiger partial charge is 0.251 e. The van der Waals surface area contributed by atoms with E-state index in [0.29, 0.717) is 6.04 Å². The van der Waals surface area contributed by atoms with Crippen LogP contribution in [0.1, 0.15) is 24.1 Å². The number of ether oxygens (including phenoxy) is 1. The minimum Gasteiger partial charge on any atom is -0.363 e. The third kappa shape index (κ3) is 3.38. The molecule has 132 valence electrons. The summed E-state index contributed by atoms with van der Waals surface area (Å²) in [6.07, 6.45) is 3.03. The quantitative estimate of drug-likeness (QED) is 0.831. The maximum atomic E-state index is 12.8. The number of likely N-dealkylation sites (tertiary alicyclic amines) is 1. The molecule has 0 aromatic carbocycles. The molecule has 3 atom stereocenters. The second-order valence-corrected chi connectivity index (χ2v) is 8.31. The normalized spacial score (nSPS) is 32.0. The average molecular weight is 350 g/mol. The molecule has 0 bridgehead atoms. The lowest BCUT2D eigenvalue weighted by Crippen LogP contribution is -2.53. The van der Waals surface area contributed by atoms with Gasteiger partial charge < -0.3 is 14.5 Å². The molecule has 0 aliphatic carbocycles. The molecule has 6 heteroatoms. The van der Waals surface area contributed by atoms with Crippen LogP contribution in [-0.4, -0.2) is 78.6 Å². The largest absolute Gasteiger partial charge is 0.363 e. The maximum Gasteiger partial charge on any atom is 0.251 e. The Bertz CT molecular complexity index is 557. The lowest BCUT2D eigenvalue weighted by Gasteiger charge is -2.39. The number of thiophene rings is 1. The van der Waals surface area contributed by atoms with E-state index < -0.39 is 0 Å². The maximum absolute atomic E-state index is 12.8. The van der Waals surface area contributed by atoms with Crippen LogP contribution in [0.15, 0.2) is 17.5 Å². The van der Waals surface area contributed by atoms with E-state index in [1.54, 1.807) is 0 Å². The van der Waals surface area contributed by atoms with E-state index in [2.05, 4.69) is 34.4 Å². The molecule has 3 aliphatic heterocycles. The van der Waals surface area contributed by atoms with E-state index in [0.717, 1.165) is 58.5 Å². The number of fused-ring (bicyclic) bond motifs is 1. The predicted octanol–water partition coefficient (Wildman–Crippen LogP) is 1.64. The van der Waals surface area contributed by atoms with Gasteiger partial charge in [0, 0.05) is 50.2 Å². The molecule has 5 nitrogen and oxygen atoms in total. The second-order valence-electron chi connectivity index (χ2n) is 7.27. The predicted molar refractivity (Wildman–Crippen MR) is 95.1 cm³/mol. The fourth-order valence-electron chi connectivity index (χ4n) is 4.23. The second kappa shape index (κ2) is 7.12. The molecule has 0 saturated carbocycles. The van der Waals surface area contributed by atoms with Crippen LogP contribution in [0, 0.1) is 0 Å². The van der Waals surface area contributed by atoms with E-state index in [-0.39, 0.29) is 18.1 Å². The topological polar surface area (TPSA) is 36.0 Å². The molecule has 0 N–H and O–H groups in total. The standard InChI is InChI=1S/C18H27N3O2S/c1-19-8-10-20(11-9-19)18(22)17-5-4-15-16(23-17)6-7-21(15)13-14-3-2-12-24-14/h2-3,12,15-17H,4-11,13H2,1H3/t15-,16-,17+/m1/s1. The van der Waals surface area contributed by atoms with Crippen molar-refractivity contribution in [3.05, 3.63) is 22.4 Å². The molecule has 4 heterocycles. The number of rotatable bonds is 3. The molecule has 1 amide bonds. The minimum absolute atomic E-state index is 0.212. The van der Waals surface area contributed by atoms with Gasteiger partial charge in [-0.3, -0.25) is 9.69 Å². The molecule has 1 aromatic heterocycles. The first-order chi connectivity index (χ1) is 11.7. The molecule has 3 fully saturated rings. The van der Waals surface area contributed by atoms with Crippen LogP contribution >= 0.6 is 11.3 Å². The number of nitrogens with zero attached hydrogens (tertiary/aromatic N) is 3. The van der Waals surface area contributed by atoms with Crippen LogP contribution in [0.5, 0.6) is 0 Å². The van der Waals surface area contributed by atoms with Gasteiger partial charge in [-0.05, 0) is 37.8 Å². The number of hydrogen-bond acceptors (Lipinski definition) is 5. The third-order valence-electron chi connectivity index (χ3n) is 5.69. The fraction of sp³-hybridized carbons (Fsp3) is 0.722. The van der Waals surface area contributed by atoms with Gasteiger partial charge in [0.05, 0.1) is 6.10 Å². The van der Waals surface area contributed by atoms with Crippen molar-refractivity contribution in [3.63, 3.8) is 0 Å². The Morgan fingerprint density at radius 2 is 2.04 bits per heavy atom. The van der Waals surface area contributed by atoms with Gasteiger partial charge in [-0.2, -0.15) is 0 Å². The Balaban J connectivity index is 1.33. The summed E-state index contributed by atoms with van der Waals surface area (Å²) >= 11 is 1.83. The van der Waals surface area contributed by atoms with Crippen LogP contribution in [0.4, 0.5) is 0 Å². The highest BCUT2D eigenvalue weighted by atomic mass is 32.1. The van der Waals surface area contributed by atoms with Crippen molar-refractivity contribution < 1.29 is 9.53 Å². The van der Waals surface area contributed by atoms with E-state index >= 15 is 0 Å². The van der Waals surface area contributed by atoms with E-state index in [1.165, 1.54) is 4.88 Å². The zero-order valence-electron chi connectivity index (χ0n) is 14.4. The van der Waals surface area contributed by atoms with Gasteiger partial charge in [0.25, 0.3) is 5.91 Å². The highest BCUT2D eigenvalue weighted by molar-refractivity contribution is 7.09. The van der Waals surface area contributed by atoms with Crippen LogP contribution < -0.4 is 0 Å². The molecule has 0 radical (unpaired) electrons. The van der Waals surface area contributed by atoms with E-state index in [9.17, 15) is 4.79 Å². The SMILES string of the molecule is CN1CCN(C(=O)[C@@H]2CC[C@@H]3[C@@H](CCN3Cc3cccs3)O2)CC1. The molecule has 1 aromatic rings. The number of piperazine rings is 1. The summed E-state index contributed by atoms with van der Waals surface area (Å²) in [5, 5.41) is 2.14. The summed E-state index contributed by atoms with van der Waals surface area (Å²) in [7, 11) is 2.12. The Morgan fingerprint density at radius 1 is 1.21 bits per heavy atom. The van der Waals surface area contributed by atoms with Crippen LogP contribution in [-0.2, 0) is 16.1 Å². The monoisotopic (exact) mass is 349 g/mol. The van der Waals surface area contributed by atoms with Gasteiger partial charge in [0.2, 0.25) is 0 Å². The first kappa shape index (κ1) is 16.5. The van der Waals surface area contributed by atoms with E-state index in [4.69, 9.17) is 4.74 Å². The summed E-state index contributed by atoms with van der Waals surface area (Å²) in [5.74, 6) is 0.221. The van der Waals surface area contributed by atoms with Crippen molar-refractivity contribution in [1.82, 2.24) is 14.7 Å². The van der Waals surface area contributed by atoms with Gasteiger partial charge in [-0.15, -0.1) is 11.3 Å². The van der Waals surface area contributed by atoms with Crippen molar-refractivity contribution in [2.75, 3.05) is 39.8 Å². The first-order valence-corrected chi connectivity index (χ1v) is 9.98. The molecule has 24 heavy (non-hydrogen) atoms. The van der Waals surface area contributed by atoms with Crippen molar-refractivity contribution in [3.8, 4) is 0 Å². The van der Waals surface area contributed by atoms with Gasteiger partial charge in [0.1, 0.15) is 6.10 Å². The van der Waals surface area contributed by atoms with Crippen molar-refractivity contribution in [1.29, 1.82) is 0 Å². The number of likely N-dealkylation sites (N-methyl/N-ethyl adjacent to an activating group) is 1. The summed E-state index contributed by atoms with van der Waals surface area (Å²) in [6, 6.07) is 4.82. The number of carbonyl (C=O) groups excluding carboxylic acids is 1. The first-order valence-electron chi connectivity index (χ1n) is 9.10. The summed E-state index contributed by atoms with van der Waals surface area (Å²) in [6.45, 7) is 5.74. The highest BCUT2D eigenvalue weighted by Gasteiger charge is 2.42. The zero-order chi connectivity index (χ0) is 16.5. The summed E-state index contributed by atoms with van der Waals surface area (Å²) in [5.41, 5.74) is 0. The van der Waals surface area contributed by atoms with Crippen molar-refractivity contribution in [2.24, 2.45) is 0 Å². The van der Waals surface area contributed by atoms with Crippen LogP contribution in [0.3, 0.4) is 0 Å². The molecule has 3 saturated heterocycles. The van der Waals surface area contributed by atoms with E-state index in [1.807, 2.05) is 16.2 Å². The van der Waals surface area contributed by atoms with Gasteiger partial charge in [0.15, 0.2) is 0 Å². The Morgan fingerprint density at radius 3 is 2.79 bits per heavy atom. The van der Waals surface area contributed by atoms with Gasteiger partial charge in [-0.25, -0.2) is 0 Å². The Kier molecular flexibility index (Phi) is 4.90. The number of hydrogen-bond donors (Lipinski definition) is 0. The minimum atomic E-state index is -0.212. The third-order valence-corrected chi connectivity index (χ3v) is 6.55. The lowest BCUT2D eigenvalue weighted by molar-refractivity contribution is -0.156. The molecule has 0 unspecified atom stereocenters. The highest BCUT2D eigenvalue weighted by Crippen LogP contribution is 2.33. The van der Waals surface area contributed by atoms with Gasteiger partial charge >= 0.3 is 0 Å². The van der Waals surface area contributed by atoms with Gasteiger partial charge in [-0.1, -0.05) is 6.07 Å². The number of carbonyl (C=O) groups is 1. The summed E-state index contributed by atoms with van der Waals surface area (Å²) < 4.78 is 6.26. The van der Waals surface area contributed by atoms with Crippen molar-refractivity contribution >= 4 is 17.2 Å². The molecular formula is C18H27N3O2S. The number of amides is 1. The fourth-order valence-corrected chi connectivity index (χ4v) is 4.96. The molecular weight excluding hydrogens is 322 g/mol. The average Bonchev–Trinajstić information content (AvgIpc) is 3.25. The zero-order valence-corrected chi connectivity index (χ0v) is 15.2.